The number of nitrogens with two attached hydrogens (primary N) is 1. The lowest BCUT2D eigenvalue weighted by molar-refractivity contribution is -0.119. The number of hydrogen-bond acceptors (Lipinski definition) is 4. The summed E-state index contributed by atoms with van der Waals surface area (Å²) >= 11 is 0. The van der Waals surface area contributed by atoms with Gasteiger partial charge in [0.25, 0.3) is 0 Å². The van der Waals surface area contributed by atoms with Crippen molar-refractivity contribution in [3.8, 4) is 0 Å². The fourth-order valence-corrected chi connectivity index (χ4v) is 4.00. The maximum absolute atomic E-state index is 13.3. The largest absolute Gasteiger partial charge is 0.398 e. The molecule has 1 aromatic rings. The first-order chi connectivity index (χ1) is 9.80. The van der Waals surface area contributed by atoms with Crippen LogP contribution in [0, 0.1) is 5.82 Å². The topological polar surface area (TPSA) is 92.5 Å². The Morgan fingerprint density at radius 1 is 1.38 bits per heavy atom. The Balaban J connectivity index is 2.15. The van der Waals surface area contributed by atoms with E-state index in [1.165, 1.54) is 17.3 Å². The van der Waals surface area contributed by atoms with E-state index in [2.05, 4.69) is 5.32 Å². The Kier molecular flexibility index (Phi) is 4.48. The second-order valence-electron chi connectivity index (χ2n) is 5.06. The number of hydrogen-bond donors (Lipinski definition) is 2. The molecule has 0 bridgehead atoms. The summed E-state index contributed by atoms with van der Waals surface area (Å²) in [4.78, 5) is 10.8. The number of benzene rings is 1. The number of sulfonamides is 1. The number of nitrogen functional groups attached to an aromatic ring is 1. The Morgan fingerprint density at radius 3 is 2.57 bits per heavy atom. The minimum Gasteiger partial charge on any atom is -0.398 e. The molecule has 2 rings (SSSR count). The molecule has 1 saturated heterocycles. The minimum absolute atomic E-state index is 0.0281. The average molecular weight is 315 g/mol. The lowest BCUT2D eigenvalue weighted by Crippen LogP contribution is -2.46. The van der Waals surface area contributed by atoms with Gasteiger partial charge in [0.2, 0.25) is 15.9 Å². The van der Waals surface area contributed by atoms with E-state index in [4.69, 9.17) is 5.73 Å². The van der Waals surface area contributed by atoms with Gasteiger partial charge in [0.15, 0.2) is 0 Å². The van der Waals surface area contributed by atoms with Gasteiger partial charge in [-0.25, -0.2) is 12.8 Å². The number of carbonyl (C=O) groups is 1. The van der Waals surface area contributed by atoms with Crippen molar-refractivity contribution >= 4 is 21.6 Å². The number of rotatable bonds is 3. The van der Waals surface area contributed by atoms with Gasteiger partial charge in [-0.15, -0.1) is 0 Å². The number of anilines is 1. The first kappa shape index (κ1) is 15.7. The number of halogens is 1. The maximum atomic E-state index is 13.3. The summed E-state index contributed by atoms with van der Waals surface area (Å²) in [5.41, 5.74) is 5.67. The molecular formula is C13H18FN3O3S. The van der Waals surface area contributed by atoms with Gasteiger partial charge in [0, 0.05) is 26.1 Å². The van der Waals surface area contributed by atoms with Crippen LogP contribution in [0.3, 0.4) is 0 Å². The Bertz CT molecular complexity index is 640. The SMILES string of the molecule is CC(=O)NC1CCN(S(=O)(=O)c2cc(F)ccc2N)CC1. The molecule has 8 heteroatoms. The van der Waals surface area contributed by atoms with Crippen molar-refractivity contribution in [3.05, 3.63) is 24.0 Å². The van der Waals surface area contributed by atoms with Gasteiger partial charge in [-0.2, -0.15) is 4.31 Å². The highest BCUT2D eigenvalue weighted by atomic mass is 32.2. The Hall–Kier alpha value is -1.67. The third-order valence-electron chi connectivity index (χ3n) is 3.45. The smallest absolute Gasteiger partial charge is 0.245 e. The number of amides is 1. The van der Waals surface area contributed by atoms with Crippen LogP contribution in [0.15, 0.2) is 23.1 Å². The van der Waals surface area contributed by atoms with Crippen molar-refractivity contribution < 1.29 is 17.6 Å². The summed E-state index contributed by atoms with van der Waals surface area (Å²) in [7, 11) is -3.81. The highest BCUT2D eigenvalue weighted by molar-refractivity contribution is 7.89. The van der Waals surface area contributed by atoms with E-state index < -0.39 is 15.8 Å². The van der Waals surface area contributed by atoms with Gasteiger partial charge in [-0.05, 0) is 31.0 Å². The highest BCUT2D eigenvalue weighted by Gasteiger charge is 2.31. The molecule has 1 aromatic carbocycles. The van der Waals surface area contributed by atoms with E-state index in [1.807, 2.05) is 0 Å². The molecule has 0 spiro atoms. The van der Waals surface area contributed by atoms with Crippen molar-refractivity contribution in [2.24, 2.45) is 0 Å². The lowest BCUT2D eigenvalue weighted by atomic mass is 10.1. The normalized spacial score (nSPS) is 17.6. The molecule has 116 valence electrons. The second-order valence-corrected chi connectivity index (χ2v) is 6.97. The minimum atomic E-state index is -3.81. The van der Waals surface area contributed by atoms with E-state index in [0.717, 1.165) is 12.1 Å². The van der Waals surface area contributed by atoms with E-state index >= 15 is 0 Å². The van der Waals surface area contributed by atoms with Gasteiger partial charge < -0.3 is 11.1 Å². The fraction of sp³-hybridized carbons (Fsp3) is 0.462. The molecule has 1 heterocycles. The lowest BCUT2D eigenvalue weighted by Gasteiger charge is -2.31. The zero-order valence-electron chi connectivity index (χ0n) is 11.7. The molecule has 0 aromatic heterocycles. The monoisotopic (exact) mass is 315 g/mol. The molecule has 6 nitrogen and oxygen atoms in total. The number of nitrogens with one attached hydrogen (secondary N) is 1. The van der Waals surface area contributed by atoms with Gasteiger partial charge in [-0.1, -0.05) is 0 Å². The third kappa shape index (κ3) is 3.51. The van der Waals surface area contributed by atoms with Crippen LogP contribution in [0.1, 0.15) is 19.8 Å². The van der Waals surface area contributed by atoms with E-state index in [-0.39, 0.29) is 35.6 Å². The Labute approximate surface area is 123 Å². The maximum Gasteiger partial charge on any atom is 0.245 e. The van der Waals surface area contributed by atoms with Crippen molar-refractivity contribution in [1.82, 2.24) is 9.62 Å². The number of piperidine rings is 1. The van der Waals surface area contributed by atoms with Crippen LogP contribution < -0.4 is 11.1 Å². The standard InChI is InChI=1S/C13H18FN3O3S/c1-9(18)16-11-4-6-17(7-5-11)21(19,20)13-8-10(14)2-3-12(13)15/h2-3,8,11H,4-7,15H2,1H3,(H,16,18). The van der Waals surface area contributed by atoms with Gasteiger partial charge in [-0.3, -0.25) is 4.79 Å². The molecule has 1 amide bonds. The number of nitrogens with zero attached hydrogens (tertiary/aromatic N) is 1. The molecule has 0 radical (unpaired) electrons. The van der Waals surface area contributed by atoms with Crippen LogP contribution in [0.4, 0.5) is 10.1 Å². The summed E-state index contributed by atoms with van der Waals surface area (Å²) in [6.45, 7) is 1.96. The van der Waals surface area contributed by atoms with Crippen molar-refractivity contribution in [3.63, 3.8) is 0 Å². The van der Waals surface area contributed by atoms with Crippen LogP contribution in [0.2, 0.25) is 0 Å². The molecule has 0 atom stereocenters. The summed E-state index contributed by atoms with van der Waals surface area (Å²) in [6.07, 6.45) is 1.04. The molecule has 1 fully saturated rings. The Morgan fingerprint density at radius 2 is 2.00 bits per heavy atom. The van der Waals surface area contributed by atoms with E-state index in [1.54, 1.807) is 0 Å². The van der Waals surface area contributed by atoms with Crippen molar-refractivity contribution in [1.29, 1.82) is 0 Å². The van der Waals surface area contributed by atoms with Gasteiger partial charge in [0.05, 0.1) is 5.69 Å². The predicted octanol–water partition coefficient (Wildman–Crippen LogP) is 0.697. The third-order valence-corrected chi connectivity index (χ3v) is 5.41. The van der Waals surface area contributed by atoms with E-state index in [9.17, 15) is 17.6 Å². The molecule has 0 saturated carbocycles. The summed E-state index contributed by atoms with van der Waals surface area (Å²) in [6, 6.07) is 3.27. The number of carbonyl (C=O) groups excluding carboxylic acids is 1. The fourth-order valence-electron chi connectivity index (χ4n) is 2.40. The zero-order chi connectivity index (χ0) is 15.6. The van der Waals surface area contributed by atoms with Gasteiger partial charge in [0.1, 0.15) is 10.7 Å². The molecule has 1 aliphatic heterocycles. The zero-order valence-corrected chi connectivity index (χ0v) is 12.5. The molecule has 0 aliphatic carbocycles. The van der Waals surface area contributed by atoms with Gasteiger partial charge >= 0.3 is 0 Å². The van der Waals surface area contributed by atoms with Crippen LogP contribution in [-0.2, 0) is 14.8 Å². The van der Waals surface area contributed by atoms with Crippen molar-refractivity contribution in [2.75, 3.05) is 18.8 Å². The predicted molar refractivity (Wildman–Crippen MR) is 76.4 cm³/mol. The van der Waals surface area contributed by atoms with Crippen molar-refractivity contribution in [2.45, 2.75) is 30.7 Å². The molecule has 21 heavy (non-hydrogen) atoms. The summed E-state index contributed by atoms with van der Waals surface area (Å²) in [5, 5.41) is 2.77. The molecule has 0 unspecified atom stereocenters. The average Bonchev–Trinajstić information content (AvgIpc) is 2.41. The molecule has 3 N–H and O–H groups in total. The molecule has 1 aliphatic rings. The first-order valence-corrected chi connectivity index (χ1v) is 8.07. The second kappa shape index (κ2) is 5.98. The van der Waals surface area contributed by atoms with Crippen LogP contribution in [-0.4, -0.2) is 37.8 Å². The molecular weight excluding hydrogens is 297 g/mol. The highest BCUT2D eigenvalue weighted by Crippen LogP contribution is 2.25. The first-order valence-electron chi connectivity index (χ1n) is 6.63. The van der Waals surface area contributed by atoms with E-state index in [0.29, 0.717) is 12.8 Å². The van der Waals surface area contributed by atoms with Crippen LogP contribution in [0.25, 0.3) is 0 Å². The summed E-state index contributed by atoms with van der Waals surface area (Å²) < 4.78 is 39.5. The van der Waals surface area contributed by atoms with Crippen LogP contribution in [0.5, 0.6) is 0 Å². The quantitative estimate of drug-likeness (QED) is 0.803. The van der Waals surface area contributed by atoms with Crippen LogP contribution >= 0.6 is 0 Å². The summed E-state index contributed by atoms with van der Waals surface area (Å²) in [5.74, 6) is -0.776.